The maximum absolute atomic E-state index is 11.1. The van der Waals surface area contributed by atoms with Gasteiger partial charge in [-0.2, -0.15) is 0 Å². The summed E-state index contributed by atoms with van der Waals surface area (Å²) >= 11 is 0. The molecule has 5 nitrogen and oxygen atoms in total. The summed E-state index contributed by atoms with van der Waals surface area (Å²) in [5.41, 5.74) is 6.23. The Labute approximate surface area is 82.1 Å². The zero-order valence-corrected chi connectivity index (χ0v) is 8.06. The molecule has 0 bridgehead atoms. The monoisotopic (exact) mass is 205 g/mol. The first-order valence-corrected chi connectivity index (χ1v) is 3.69. The molecule has 0 amide bonds. The Morgan fingerprint density at radius 2 is 2.46 bits per heavy atom. The van der Waals surface area contributed by atoms with Crippen LogP contribution in [0, 0.1) is 0 Å². The number of aromatic amines is 1. The van der Waals surface area contributed by atoms with Crippen molar-refractivity contribution < 1.29 is 9.53 Å². The molecule has 3 N–H and O–H groups in total. The first-order chi connectivity index (χ1) is 5.79. The third-order valence-electron chi connectivity index (χ3n) is 1.39. The summed E-state index contributed by atoms with van der Waals surface area (Å²) in [6.45, 7) is 2.34. The first kappa shape index (κ1) is 11.9. The molecule has 0 atom stereocenters. The van der Waals surface area contributed by atoms with Crippen LogP contribution in [0.15, 0.2) is 6.33 Å². The zero-order valence-electron chi connectivity index (χ0n) is 7.24. The third-order valence-corrected chi connectivity index (χ3v) is 1.39. The van der Waals surface area contributed by atoms with E-state index in [-0.39, 0.29) is 24.6 Å². The molecule has 1 aromatic rings. The van der Waals surface area contributed by atoms with Crippen molar-refractivity contribution in [3.8, 4) is 0 Å². The summed E-state index contributed by atoms with van der Waals surface area (Å²) in [7, 11) is 0. The predicted molar refractivity (Wildman–Crippen MR) is 49.7 cm³/mol. The van der Waals surface area contributed by atoms with Crippen LogP contribution in [0.2, 0.25) is 0 Å². The van der Waals surface area contributed by atoms with Gasteiger partial charge in [0.1, 0.15) is 0 Å². The summed E-state index contributed by atoms with van der Waals surface area (Å²) in [4.78, 5) is 17.7. The van der Waals surface area contributed by atoms with Crippen LogP contribution in [0.3, 0.4) is 0 Å². The van der Waals surface area contributed by atoms with Gasteiger partial charge < -0.3 is 15.5 Å². The second-order valence-electron chi connectivity index (χ2n) is 2.15. The molecule has 0 fully saturated rings. The summed E-state index contributed by atoms with van der Waals surface area (Å²) in [5, 5.41) is 0. The fourth-order valence-electron chi connectivity index (χ4n) is 0.852. The molecule has 13 heavy (non-hydrogen) atoms. The average molecular weight is 206 g/mol. The number of carbonyl (C=O) groups is 1. The maximum atomic E-state index is 11.1. The molecule has 0 aliphatic carbocycles. The van der Waals surface area contributed by atoms with Crippen molar-refractivity contribution in [3.05, 3.63) is 17.7 Å². The van der Waals surface area contributed by atoms with Crippen molar-refractivity contribution >= 4 is 18.4 Å². The molecular weight excluding hydrogens is 194 g/mol. The van der Waals surface area contributed by atoms with Gasteiger partial charge in [0, 0.05) is 6.54 Å². The van der Waals surface area contributed by atoms with Gasteiger partial charge in [0.25, 0.3) is 0 Å². The van der Waals surface area contributed by atoms with Crippen LogP contribution in [0.25, 0.3) is 0 Å². The number of nitrogens with zero attached hydrogens (tertiary/aromatic N) is 1. The number of imidazole rings is 1. The van der Waals surface area contributed by atoms with Gasteiger partial charge in [-0.05, 0) is 6.92 Å². The molecule has 0 spiro atoms. The number of carbonyl (C=O) groups excluding carboxylic acids is 1. The Balaban J connectivity index is 0.00000144. The van der Waals surface area contributed by atoms with E-state index in [4.69, 9.17) is 10.5 Å². The van der Waals surface area contributed by atoms with Gasteiger partial charge in [-0.25, -0.2) is 9.78 Å². The SMILES string of the molecule is CCOC(=O)c1nc[nH]c1CN.Cl. The van der Waals surface area contributed by atoms with Crippen molar-refractivity contribution in [1.29, 1.82) is 0 Å². The molecule has 0 aromatic carbocycles. The minimum Gasteiger partial charge on any atom is -0.461 e. The van der Waals surface area contributed by atoms with Gasteiger partial charge in [0.15, 0.2) is 5.69 Å². The van der Waals surface area contributed by atoms with E-state index in [0.717, 1.165) is 0 Å². The van der Waals surface area contributed by atoms with E-state index >= 15 is 0 Å². The number of H-pyrrole nitrogens is 1. The van der Waals surface area contributed by atoms with E-state index in [0.29, 0.717) is 12.3 Å². The number of hydrogen-bond acceptors (Lipinski definition) is 4. The topological polar surface area (TPSA) is 81.0 Å². The van der Waals surface area contributed by atoms with Crippen molar-refractivity contribution in [3.63, 3.8) is 0 Å². The first-order valence-electron chi connectivity index (χ1n) is 3.69. The van der Waals surface area contributed by atoms with Crippen molar-refractivity contribution in [2.75, 3.05) is 6.61 Å². The quantitative estimate of drug-likeness (QED) is 0.703. The smallest absolute Gasteiger partial charge is 0.358 e. The van der Waals surface area contributed by atoms with Crippen molar-refractivity contribution in [2.45, 2.75) is 13.5 Å². The van der Waals surface area contributed by atoms with Crippen molar-refractivity contribution in [1.82, 2.24) is 9.97 Å². The molecule has 0 unspecified atom stereocenters. The number of rotatable bonds is 3. The summed E-state index contributed by atoms with van der Waals surface area (Å²) in [6, 6.07) is 0. The van der Waals surface area contributed by atoms with Crippen molar-refractivity contribution in [2.24, 2.45) is 5.73 Å². The Bertz CT molecular complexity index is 274. The molecule has 0 aliphatic heterocycles. The lowest BCUT2D eigenvalue weighted by Gasteiger charge is -1.99. The van der Waals surface area contributed by atoms with Gasteiger partial charge in [-0.3, -0.25) is 0 Å². The van der Waals surface area contributed by atoms with E-state index in [2.05, 4.69) is 9.97 Å². The molecular formula is C7H12ClN3O2. The second kappa shape index (κ2) is 5.55. The number of esters is 1. The van der Waals surface area contributed by atoms with Crippen LogP contribution in [-0.2, 0) is 11.3 Å². The van der Waals surface area contributed by atoms with Crippen LogP contribution in [0.5, 0.6) is 0 Å². The Morgan fingerprint density at radius 3 is 3.00 bits per heavy atom. The van der Waals surface area contributed by atoms with E-state index in [1.807, 2.05) is 0 Å². The third kappa shape index (κ3) is 2.71. The van der Waals surface area contributed by atoms with Gasteiger partial charge in [-0.15, -0.1) is 12.4 Å². The van der Waals surface area contributed by atoms with E-state index in [1.165, 1.54) is 6.33 Å². The highest BCUT2D eigenvalue weighted by Crippen LogP contribution is 2.03. The zero-order chi connectivity index (χ0) is 8.97. The minimum atomic E-state index is -0.431. The molecule has 6 heteroatoms. The standard InChI is InChI=1S/C7H11N3O2.ClH/c1-2-12-7(11)6-5(3-8)9-4-10-6;/h4H,2-3,8H2,1H3,(H,9,10);1H. The summed E-state index contributed by atoms with van der Waals surface area (Å²) < 4.78 is 4.75. The normalized spacial score (nSPS) is 9.08. The van der Waals surface area contributed by atoms with Crippen LogP contribution in [-0.4, -0.2) is 22.5 Å². The molecule has 1 rings (SSSR count). The Morgan fingerprint density at radius 1 is 1.77 bits per heavy atom. The largest absolute Gasteiger partial charge is 0.461 e. The van der Waals surface area contributed by atoms with E-state index < -0.39 is 5.97 Å². The molecule has 1 heterocycles. The highest BCUT2D eigenvalue weighted by molar-refractivity contribution is 5.88. The highest BCUT2D eigenvalue weighted by atomic mass is 35.5. The Hall–Kier alpha value is -1.07. The summed E-state index contributed by atoms with van der Waals surface area (Å²) in [6.07, 6.45) is 1.43. The molecule has 1 aromatic heterocycles. The Kier molecular flexibility index (Phi) is 5.10. The number of aromatic nitrogens is 2. The number of nitrogens with two attached hydrogens (primary N) is 1. The maximum Gasteiger partial charge on any atom is 0.358 e. The average Bonchev–Trinajstić information content (AvgIpc) is 2.51. The van der Waals surface area contributed by atoms with Gasteiger partial charge in [0.2, 0.25) is 0 Å². The lowest BCUT2D eigenvalue weighted by molar-refractivity contribution is 0.0519. The fraction of sp³-hybridized carbons (Fsp3) is 0.429. The fourth-order valence-corrected chi connectivity index (χ4v) is 0.852. The minimum absolute atomic E-state index is 0. The van der Waals surface area contributed by atoms with Gasteiger partial charge in [-0.1, -0.05) is 0 Å². The van der Waals surface area contributed by atoms with Crippen LogP contribution in [0.1, 0.15) is 23.1 Å². The molecule has 74 valence electrons. The van der Waals surface area contributed by atoms with Crippen LogP contribution < -0.4 is 5.73 Å². The number of ether oxygens (including phenoxy) is 1. The lowest BCUT2D eigenvalue weighted by atomic mass is 10.3. The number of nitrogens with one attached hydrogen (secondary N) is 1. The molecule has 0 saturated carbocycles. The molecule has 0 saturated heterocycles. The lowest BCUT2D eigenvalue weighted by Crippen LogP contribution is -2.10. The van der Waals surface area contributed by atoms with E-state index in [9.17, 15) is 4.79 Å². The van der Waals surface area contributed by atoms with Gasteiger partial charge >= 0.3 is 5.97 Å². The van der Waals surface area contributed by atoms with Crippen LogP contribution in [0.4, 0.5) is 0 Å². The predicted octanol–water partition coefficient (Wildman–Crippen LogP) is 0.467. The molecule has 0 radical (unpaired) electrons. The van der Waals surface area contributed by atoms with Crippen LogP contribution >= 0.6 is 12.4 Å². The highest BCUT2D eigenvalue weighted by Gasteiger charge is 2.13. The van der Waals surface area contributed by atoms with E-state index in [1.54, 1.807) is 6.92 Å². The summed E-state index contributed by atoms with van der Waals surface area (Å²) in [5.74, 6) is -0.431. The molecule has 0 aliphatic rings. The second-order valence-corrected chi connectivity index (χ2v) is 2.15. The van der Waals surface area contributed by atoms with Gasteiger partial charge in [0.05, 0.1) is 18.6 Å². The number of halogens is 1. The number of hydrogen-bond donors (Lipinski definition) is 2.